The van der Waals surface area contributed by atoms with Gasteiger partial charge < -0.3 is 20.1 Å². The Balaban J connectivity index is 1.64. The van der Waals surface area contributed by atoms with Gasteiger partial charge in [-0.05, 0) is 38.2 Å². The summed E-state index contributed by atoms with van der Waals surface area (Å²) < 4.78 is 5.56. The lowest BCUT2D eigenvalue weighted by Crippen LogP contribution is -2.51. The van der Waals surface area contributed by atoms with Crippen LogP contribution in [0.25, 0.3) is 0 Å². The molecule has 2 aliphatic heterocycles. The van der Waals surface area contributed by atoms with Gasteiger partial charge in [-0.15, -0.1) is 0 Å². The predicted molar refractivity (Wildman–Crippen MR) is 97.5 cm³/mol. The lowest BCUT2D eigenvalue weighted by Gasteiger charge is -2.39. The van der Waals surface area contributed by atoms with Crippen molar-refractivity contribution in [2.45, 2.75) is 44.1 Å². The number of ether oxygens (including phenoxy) is 1. The number of amides is 2. The van der Waals surface area contributed by atoms with E-state index in [1.807, 2.05) is 17.9 Å². The Morgan fingerprint density at radius 1 is 1.36 bits per heavy atom. The van der Waals surface area contributed by atoms with E-state index >= 15 is 0 Å². The molecule has 2 N–H and O–H groups in total. The predicted octanol–water partition coefficient (Wildman–Crippen LogP) is 2.54. The second-order valence-electron chi connectivity index (χ2n) is 7.51. The molecular weight excluding hydrogens is 316 g/mol. The zero-order valence-corrected chi connectivity index (χ0v) is 15.1. The largest absolute Gasteiger partial charge is 0.393 e. The molecule has 0 spiro atoms. The number of urea groups is 1. The molecule has 2 aliphatic rings. The summed E-state index contributed by atoms with van der Waals surface area (Å²) in [6, 6.07) is 10.5. The van der Waals surface area contributed by atoms with E-state index in [1.165, 1.54) is 5.56 Å². The number of nitrogens with zero attached hydrogens (tertiary/aromatic N) is 1. The number of hydrogen-bond donors (Lipinski definition) is 2. The number of aliphatic hydroxyl groups is 1. The summed E-state index contributed by atoms with van der Waals surface area (Å²) in [7, 11) is 0. The maximum atomic E-state index is 12.7. The molecule has 2 atom stereocenters. The number of likely N-dealkylation sites (tertiary alicyclic amines) is 1. The average molecular weight is 346 g/mol. The lowest BCUT2D eigenvalue weighted by molar-refractivity contribution is 0.0485. The summed E-state index contributed by atoms with van der Waals surface area (Å²) in [6.07, 6.45) is 3.44. The Labute approximate surface area is 150 Å². The summed E-state index contributed by atoms with van der Waals surface area (Å²) >= 11 is 0. The van der Waals surface area contributed by atoms with E-state index in [0.29, 0.717) is 13.1 Å². The van der Waals surface area contributed by atoms with Crippen LogP contribution in [-0.2, 0) is 10.2 Å². The molecular formula is C20H30N2O3. The Bertz CT molecular complexity index is 555. The maximum Gasteiger partial charge on any atom is 0.317 e. The SMILES string of the molecule is CC(O)C1CCCN(C(=O)NCC2(c3ccccc3)CCOCC2)C1. The van der Waals surface area contributed by atoms with Crippen LogP contribution in [0.1, 0.15) is 38.2 Å². The van der Waals surface area contributed by atoms with Gasteiger partial charge in [-0.1, -0.05) is 30.3 Å². The standard InChI is InChI=1S/C20H30N2O3/c1-16(23)17-6-5-11-22(14-17)19(24)21-15-20(9-12-25-13-10-20)18-7-3-2-4-8-18/h2-4,7-8,16-17,23H,5-6,9-15H2,1H3,(H,21,24). The second-order valence-corrected chi connectivity index (χ2v) is 7.51. The van der Waals surface area contributed by atoms with Crippen molar-refractivity contribution in [2.24, 2.45) is 5.92 Å². The van der Waals surface area contributed by atoms with Gasteiger partial charge in [-0.25, -0.2) is 4.79 Å². The fraction of sp³-hybridized carbons (Fsp3) is 0.650. The zero-order valence-electron chi connectivity index (χ0n) is 15.1. The second kappa shape index (κ2) is 8.19. The first-order valence-electron chi connectivity index (χ1n) is 9.45. The highest BCUT2D eigenvalue weighted by Crippen LogP contribution is 2.34. The first-order valence-corrected chi connectivity index (χ1v) is 9.45. The van der Waals surface area contributed by atoms with Gasteiger partial charge in [-0.3, -0.25) is 0 Å². The van der Waals surface area contributed by atoms with Crippen molar-refractivity contribution < 1.29 is 14.6 Å². The minimum Gasteiger partial charge on any atom is -0.393 e. The quantitative estimate of drug-likeness (QED) is 0.881. The molecule has 25 heavy (non-hydrogen) atoms. The molecule has 3 rings (SSSR count). The van der Waals surface area contributed by atoms with Crippen molar-refractivity contribution in [3.63, 3.8) is 0 Å². The van der Waals surface area contributed by atoms with E-state index in [2.05, 4.69) is 29.6 Å². The first-order chi connectivity index (χ1) is 12.1. The minimum atomic E-state index is -0.359. The molecule has 5 heteroatoms. The van der Waals surface area contributed by atoms with Gasteiger partial charge in [0.25, 0.3) is 0 Å². The summed E-state index contributed by atoms with van der Waals surface area (Å²) in [4.78, 5) is 14.5. The van der Waals surface area contributed by atoms with Crippen LogP contribution < -0.4 is 5.32 Å². The van der Waals surface area contributed by atoms with Crippen LogP contribution in [0, 0.1) is 5.92 Å². The van der Waals surface area contributed by atoms with Gasteiger partial charge in [0.05, 0.1) is 6.10 Å². The van der Waals surface area contributed by atoms with E-state index in [-0.39, 0.29) is 23.5 Å². The number of carbonyl (C=O) groups is 1. The van der Waals surface area contributed by atoms with Crippen molar-refractivity contribution in [2.75, 3.05) is 32.8 Å². The number of piperidine rings is 1. The van der Waals surface area contributed by atoms with Crippen LogP contribution in [-0.4, -0.2) is 55.0 Å². The van der Waals surface area contributed by atoms with Crippen LogP contribution in [0.3, 0.4) is 0 Å². The molecule has 0 aliphatic carbocycles. The molecule has 0 saturated carbocycles. The molecule has 2 fully saturated rings. The first kappa shape index (κ1) is 18.2. The smallest absolute Gasteiger partial charge is 0.317 e. The van der Waals surface area contributed by atoms with Crippen molar-refractivity contribution >= 4 is 6.03 Å². The van der Waals surface area contributed by atoms with Crippen LogP contribution in [0.2, 0.25) is 0 Å². The number of benzene rings is 1. The Morgan fingerprint density at radius 3 is 2.76 bits per heavy atom. The van der Waals surface area contributed by atoms with Gasteiger partial charge in [0, 0.05) is 44.2 Å². The summed E-state index contributed by atoms with van der Waals surface area (Å²) in [5.41, 5.74) is 1.23. The monoisotopic (exact) mass is 346 g/mol. The number of hydrogen-bond acceptors (Lipinski definition) is 3. The van der Waals surface area contributed by atoms with Crippen molar-refractivity contribution in [3.05, 3.63) is 35.9 Å². The third kappa shape index (κ3) is 4.33. The summed E-state index contributed by atoms with van der Waals surface area (Å²) in [5.74, 6) is 0.186. The lowest BCUT2D eigenvalue weighted by atomic mass is 9.74. The van der Waals surface area contributed by atoms with Gasteiger partial charge in [0.2, 0.25) is 0 Å². The molecule has 0 radical (unpaired) electrons. The average Bonchev–Trinajstić information content (AvgIpc) is 2.67. The van der Waals surface area contributed by atoms with Crippen molar-refractivity contribution in [1.29, 1.82) is 0 Å². The molecule has 2 amide bonds. The van der Waals surface area contributed by atoms with Gasteiger partial charge in [-0.2, -0.15) is 0 Å². The van der Waals surface area contributed by atoms with E-state index in [4.69, 9.17) is 4.74 Å². The van der Waals surface area contributed by atoms with Gasteiger partial charge in [0.1, 0.15) is 0 Å². The minimum absolute atomic E-state index is 0.00727. The third-order valence-corrected chi connectivity index (χ3v) is 5.84. The zero-order chi connectivity index (χ0) is 17.7. The highest BCUT2D eigenvalue weighted by Gasteiger charge is 2.35. The number of rotatable bonds is 4. The fourth-order valence-electron chi connectivity index (χ4n) is 4.07. The number of nitrogens with one attached hydrogen (secondary N) is 1. The third-order valence-electron chi connectivity index (χ3n) is 5.84. The van der Waals surface area contributed by atoms with Crippen LogP contribution >= 0.6 is 0 Å². The molecule has 2 heterocycles. The highest BCUT2D eigenvalue weighted by molar-refractivity contribution is 5.74. The maximum absolute atomic E-state index is 12.7. The molecule has 1 aromatic rings. The number of carbonyl (C=O) groups excluding carboxylic acids is 1. The molecule has 1 aromatic carbocycles. The van der Waals surface area contributed by atoms with Gasteiger partial charge in [0.15, 0.2) is 0 Å². The molecule has 0 aromatic heterocycles. The summed E-state index contributed by atoms with van der Waals surface area (Å²) in [6.45, 7) is 5.34. The molecule has 2 saturated heterocycles. The van der Waals surface area contributed by atoms with E-state index in [0.717, 1.165) is 45.4 Å². The molecule has 0 bridgehead atoms. The Morgan fingerprint density at radius 2 is 2.08 bits per heavy atom. The highest BCUT2D eigenvalue weighted by atomic mass is 16.5. The topological polar surface area (TPSA) is 61.8 Å². The summed E-state index contributed by atoms with van der Waals surface area (Å²) in [5, 5.41) is 13.0. The normalized spacial score (nSPS) is 24.6. The van der Waals surface area contributed by atoms with Crippen molar-refractivity contribution in [1.82, 2.24) is 10.2 Å². The Kier molecular flexibility index (Phi) is 5.97. The number of aliphatic hydroxyl groups excluding tert-OH is 1. The Hall–Kier alpha value is -1.59. The molecule has 2 unspecified atom stereocenters. The molecule has 5 nitrogen and oxygen atoms in total. The van der Waals surface area contributed by atoms with Crippen molar-refractivity contribution in [3.8, 4) is 0 Å². The molecule has 138 valence electrons. The van der Waals surface area contributed by atoms with Crippen LogP contribution in [0.15, 0.2) is 30.3 Å². The van der Waals surface area contributed by atoms with E-state index in [9.17, 15) is 9.90 Å². The van der Waals surface area contributed by atoms with E-state index in [1.54, 1.807) is 0 Å². The van der Waals surface area contributed by atoms with E-state index < -0.39 is 0 Å². The van der Waals surface area contributed by atoms with Crippen LogP contribution in [0.4, 0.5) is 4.79 Å². The van der Waals surface area contributed by atoms with Crippen LogP contribution in [0.5, 0.6) is 0 Å². The fourth-order valence-corrected chi connectivity index (χ4v) is 4.07. The van der Waals surface area contributed by atoms with Gasteiger partial charge >= 0.3 is 6.03 Å².